The number of likely N-dealkylation sites (N-methyl/N-ethyl adjacent to an activating group) is 1. The number of hydrogen-bond acceptors (Lipinski definition) is 6. The number of aromatic nitrogens is 3. The van der Waals surface area contributed by atoms with Gasteiger partial charge in [-0.25, -0.2) is 4.98 Å². The van der Waals surface area contributed by atoms with Crippen LogP contribution in [0.1, 0.15) is 42.4 Å². The Balaban J connectivity index is 1.77. The van der Waals surface area contributed by atoms with Crippen molar-refractivity contribution in [3.63, 3.8) is 0 Å². The number of nitrogens with two attached hydrogens (primary N) is 2. The van der Waals surface area contributed by atoms with Crippen LogP contribution in [-0.4, -0.2) is 45.5 Å². The number of rotatable bonds is 2. The van der Waals surface area contributed by atoms with Gasteiger partial charge in [-0.1, -0.05) is 0 Å². The maximum absolute atomic E-state index is 6.18. The molecular formula is C15H21N7. The molecule has 0 bridgehead atoms. The Morgan fingerprint density at radius 2 is 2.18 bits per heavy atom. The number of nitrogen functional groups attached to an aromatic ring is 1. The molecule has 1 aliphatic heterocycles. The highest BCUT2D eigenvalue weighted by atomic mass is 15.4. The van der Waals surface area contributed by atoms with Crippen molar-refractivity contribution in [3.05, 3.63) is 23.5 Å². The summed E-state index contributed by atoms with van der Waals surface area (Å²) in [6.45, 7) is 0.849. The third kappa shape index (κ3) is 2.12. The summed E-state index contributed by atoms with van der Waals surface area (Å²) < 4.78 is 1.72. The van der Waals surface area contributed by atoms with Crippen LogP contribution in [0.25, 0.3) is 5.65 Å². The maximum atomic E-state index is 6.18. The molecule has 2 aromatic heterocycles. The number of hydrogen-bond donors (Lipinski definition) is 2. The second kappa shape index (κ2) is 4.95. The van der Waals surface area contributed by atoms with E-state index < -0.39 is 0 Å². The molecule has 1 saturated carbocycles. The van der Waals surface area contributed by atoms with E-state index in [2.05, 4.69) is 10.2 Å². The SMILES string of the molecule is CN1CC(c2cnn3c(N)cc([C@@H]4CC[C@@H](N)C4)nc23)C=N1. The van der Waals surface area contributed by atoms with Gasteiger partial charge < -0.3 is 11.5 Å². The molecule has 0 spiro atoms. The van der Waals surface area contributed by atoms with Crippen molar-refractivity contribution in [2.75, 3.05) is 19.3 Å². The molecule has 3 atom stereocenters. The van der Waals surface area contributed by atoms with E-state index in [0.717, 1.165) is 42.7 Å². The summed E-state index contributed by atoms with van der Waals surface area (Å²) in [7, 11) is 1.97. The van der Waals surface area contributed by atoms with Crippen molar-refractivity contribution in [3.8, 4) is 0 Å². The van der Waals surface area contributed by atoms with Crippen molar-refractivity contribution in [1.82, 2.24) is 19.6 Å². The van der Waals surface area contributed by atoms with Gasteiger partial charge in [-0.15, -0.1) is 0 Å². The minimum Gasteiger partial charge on any atom is -0.384 e. The van der Waals surface area contributed by atoms with Crippen LogP contribution >= 0.6 is 0 Å². The highest BCUT2D eigenvalue weighted by Gasteiger charge is 2.27. The molecule has 3 heterocycles. The Labute approximate surface area is 129 Å². The minimum atomic E-state index is 0.218. The zero-order valence-corrected chi connectivity index (χ0v) is 12.7. The average Bonchev–Trinajstić information content (AvgIpc) is 3.18. The predicted octanol–water partition coefficient (Wildman–Crippen LogP) is 0.921. The van der Waals surface area contributed by atoms with Gasteiger partial charge in [-0.2, -0.15) is 14.7 Å². The summed E-state index contributed by atoms with van der Waals surface area (Å²) in [5, 5.41) is 10.6. The Bertz CT molecular complexity index is 735. The van der Waals surface area contributed by atoms with E-state index >= 15 is 0 Å². The van der Waals surface area contributed by atoms with Crippen LogP contribution in [0.5, 0.6) is 0 Å². The maximum Gasteiger partial charge on any atom is 0.161 e. The first-order valence-electron chi connectivity index (χ1n) is 7.76. The molecule has 0 amide bonds. The number of anilines is 1. The van der Waals surface area contributed by atoms with Gasteiger partial charge in [0.1, 0.15) is 5.82 Å². The Morgan fingerprint density at radius 1 is 1.32 bits per heavy atom. The largest absolute Gasteiger partial charge is 0.384 e. The van der Waals surface area contributed by atoms with Crippen LogP contribution in [0.15, 0.2) is 17.4 Å². The van der Waals surface area contributed by atoms with Crippen molar-refractivity contribution >= 4 is 17.7 Å². The highest BCUT2D eigenvalue weighted by Crippen LogP contribution is 2.34. The number of hydrazone groups is 1. The van der Waals surface area contributed by atoms with Gasteiger partial charge in [0, 0.05) is 55.0 Å². The first kappa shape index (κ1) is 13.5. The van der Waals surface area contributed by atoms with Gasteiger partial charge in [0.05, 0.1) is 6.20 Å². The van der Waals surface area contributed by atoms with E-state index in [1.54, 1.807) is 4.52 Å². The van der Waals surface area contributed by atoms with E-state index in [9.17, 15) is 0 Å². The van der Waals surface area contributed by atoms with E-state index in [-0.39, 0.29) is 12.0 Å². The first-order valence-corrected chi connectivity index (χ1v) is 7.76. The topological polar surface area (TPSA) is 97.8 Å². The molecule has 1 aliphatic carbocycles. The summed E-state index contributed by atoms with van der Waals surface area (Å²) in [6.07, 6.45) is 6.94. The molecular weight excluding hydrogens is 278 g/mol. The molecule has 0 saturated heterocycles. The second-order valence-corrected chi connectivity index (χ2v) is 6.42. The molecule has 4 rings (SSSR count). The van der Waals surface area contributed by atoms with Crippen molar-refractivity contribution < 1.29 is 0 Å². The van der Waals surface area contributed by atoms with Crippen LogP contribution in [0.2, 0.25) is 0 Å². The van der Waals surface area contributed by atoms with Crippen LogP contribution in [0.3, 0.4) is 0 Å². The van der Waals surface area contributed by atoms with E-state index in [0.29, 0.717) is 11.7 Å². The molecule has 116 valence electrons. The second-order valence-electron chi connectivity index (χ2n) is 6.42. The molecule has 7 nitrogen and oxygen atoms in total. The molecule has 7 heteroatoms. The molecule has 0 aromatic carbocycles. The van der Waals surface area contributed by atoms with E-state index in [1.807, 2.05) is 30.5 Å². The lowest BCUT2D eigenvalue weighted by atomic mass is 10.0. The lowest BCUT2D eigenvalue weighted by Crippen LogP contribution is -2.15. The molecule has 1 unspecified atom stereocenters. The average molecular weight is 299 g/mol. The van der Waals surface area contributed by atoms with Gasteiger partial charge in [0.15, 0.2) is 5.65 Å². The van der Waals surface area contributed by atoms with Crippen molar-refractivity contribution in [2.45, 2.75) is 37.1 Å². The number of fused-ring (bicyclic) bond motifs is 1. The normalized spacial score (nSPS) is 28.1. The van der Waals surface area contributed by atoms with Crippen molar-refractivity contribution in [2.24, 2.45) is 10.8 Å². The Hall–Kier alpha value is -2.15. The van der Waals surface area contributed by atoms with Gasteiger partial charge in [-0.3, -0.25) is 5.01 Å². The summed E-state index contributed by atoms with van der Waals surface area (Å²) in [4.78, 5) is 4.87. The standard InChI is InChI=1S/C15H21N7/c1-21-8-10(6-18-21)12-7-19-22-14(17)5-13(20-15(12)22)9-2-3-11(16)4-9/h5-7,9-11H,2-4,8,16-17H2,1H3/t9-,10?,11-/m1/s1. The molecule has 2 aromatic rings. The van der Waals surface area contributed by atoms with Crippen molar-refractivity contribution in [1.29, 1.82) is 0 Å². The zero-order valence-electron chi connectivity index (χ0n) is 12.7. The van der Waals surface area contributed by atoms with E-state index in [4.69, 9.17) is 16.5 Å². The molecule has 22 heavy (non-hydrogen) atoms. The quantitative estimate of drug-likeness (QED) is 0.859. The fourth-order valence-corrected chi connectivity index (χ4v) is 3.53. The van der Waals surface area contributed by atoms with Crippen LogP contribution in [0, 0.1) is 0 Å². The van der Waals surface area contributed by atoms with Crippen LogP contribution in [-0.2, 0) is 0 Å². The predicted molar refractivity (Wildman–Crippen MR) is 85.8 cm³/mol. The third-order valence-electron chi connectivity index (χ3n) is 4.74. The fraction of sp³-hybridized carbons (Fsp3) is 0.533. The molecule has 4 N–H and O–H groups in total. The third-order valence-corrected chi connectivity index (χ3v) is 4.74. The minimum absolute atomic E-state index is 0.218. The Kier molecular flexibility index (Phi) is 3.04. The lowest BCUT2D eigenvalue weighted by Gasteiger charge is -2.12. The summed E-state index contributed by atoms with van der Waals surface area (Å²) >= 11 is 0. The summed E-state index contributed by atoms with van der Waals surface area (Å²) in [5.41, 5.74) is 15.2. The smallest absolute Gasteiger partial charge is 0.161 e. The first-order chi connectivity index (χ1) is 10.6. The lowest BCUT2D eigenvalue weighted by molar-refractivity contribution is 0.381. The fourth-order valence-electron chi connectivity index (χ4n) is 3.53. The number of nitrogens with zero attached hydrogens (tertiary/aromatic N) is 5. The van der Waals surface area contributed by atoms with Gasteiger partial charge >= 0.3 is 0 Å². The monoisotopic (exact) mass is 299 g/mol. The Morgan fingerprint density at radius 3 is 2.86 bits per heavy atom. The molecule has 0 radical (unpaired) electrons. The summed E-state index contributed by atoms with van der Waals surface area (Å²) in [5.74, 6) is 1.26. The summed E-state index contributed by atoms with van der Waals surface area (Å²) in [6, 6.07) is 2.23. The van der Waals surface area contributed by atoms with Gasteiger partial charge in [0.2, 0.25) is 0 Å². The van der Waals surface area contributed by atoms with Gasteiger partial charge in [0.25, 0.3) is 0 Å². The van der Waals surface area contributed by atoms with Gasteiger partial charge in [-0.05, 0) is 19.3 Å². The molecule has 2 aliphatic rings. The highest BCUT2D eigenvalue weighted by molar-refractivity contribution is 5.74. The molecule has 1 fully saturated rings. The zero-order chi connectivity index (χ0) is 15.3. The van der Waals surface area contributed by atoms with Crippen LogP contribution in [0.4, 0.5) is 5.82 Å². The van der Waals surface area contributed by atoms with Crippen LogP contribution < -0.4 is 11.5 Å². The van der Waals surface area contributed by atoms with E-state index in [1.165, 1.54) is 0 Å².